The number of methoxy groups -OCH3 is 2. The van der Waals surface area contributed by atoms with Crippen molar-refractivity contribution in [2.75, 3.05) is 34.4 Å². The summed E-state index contributed by atoms with van der Waals surface area (Å²) < 4.78 is 10.5. The van der Waals surface area contributed by atoms with E-state index in [1.165, 1.54) is 0 Å². The van der Waals surface area contributed by atoms with E-state index < -0.39 is 0 Å². The molecule has 0 atom stereocenters. The Bertz CT molecular complexity index is 415. The molecule has 1 aromatic carbocycles. The van der Waals surface area contributed by atoms with Crippen LogP contribution in [0.15, 0.2) is 23.2 Å². The topological polar surface area (TPSA) is 34.1 Å². The Morgan fingerprint density at radius 3 is 2.62 bits per heavy atom. The molecule has 0 aliphatic carbocycles. The number of amidine groups is 1. The van der Waals surface area contributed by atoms with Crippen molar-refractivity contribution in [2.24, 2.45) is 4.99 Å². The third kappa shape index (κ3) is 1.83. The highest BCUT2D eigenvalue weighted by Crippen LogP contribution is 2.26. The van der Waals surface area contributed by atoms with Gasteiger partial charge in [0, 0.05) is 19.7 Å². The van der Waals surface area contributed by atoms with Crippen LogP contribution in [0.4, 0.5) is 0 Å². The molecule has 16 heavy (non-hydrogen) atoms. The summed E-state index contributed by atoms with van der Waals surface area (Å²) in [5.41, 5.74) is 1.02. The van der Waals surface area contributed by atoms with Crippen LogP contribution in [-0.4, -0.2) is 45.1 Å². The van der Waals surface area contributed by atoms with E-state index in [1.54, 1.807) is 14.2 Å². The lowest BCUT2D eigenvalue weighted by molar-refractivity contribution is 0.393. The summed E-state index contributed by atoms with van der Waals surface area (Å²) >= 11 is 0. The van der Waals surface area contributed by atoms with E-state index in [9.17, 15) is 0 Å². The summed E-state index contributed by atoms with van der Waals surface area (Å²) in [6.45, 7) is 1.81. The first kappa shape index (κ1) is 10.8. The van der Waals surface area contributed by atoms with Crippen molar-refractivity contribution in [3.05, 3.63) is 23.8 Å². The summed E-state index contributed by atoms with van der Waals surface area (Å²) in [7, 11) is 5.34. The van der Waals surface area contributed by atoms with Crippen LogP contribution in [0.5, 0.6) is 11.5 Å². The zero-order valence-corrected chi connectivity index (χ0v) is 9.86. The summed E-state index contributed by atoms with van der Waals surface area (Å²) in [5.74, 6) is 2.58. The van der Waals surface area contributed by atoms with Gasteiger partial charge in [-0.05, 0) is 12.1 Å². The molecule has 0 radical (unpaired) electrons. The number of rotatable bonds is 3. The lowest BCUT2D eigenvalue weighted by atomic mass is 10.1. The fourth-order valence-electron chi connectivity index (χ4n) is 1.81. The summed E-state index contributed by atoms with van der Waals surface area (Å²) in [6.07, 6.45) is 0. The average molecular weight is 220 g/mol. The molecule has 0 N–H and O–H groups in total. The van der Waals surface area contributed by atoms with Gasteiger partial charge in [-0.1, -0.05) is 0 Å². The quantitative estimate of drug-likeness (QED) is 0.772. The van der Waals surface area contributed by atoms with Gasteiger partial charge in [-0.15, -0.1) is 0 Å². The van der Waals surface area contributed by atoms with Gasteiger partial charge in [0.05, 0.1) is 26.3 Å². The van der Waals surface area contributed by atoms with Crippen molar-refractivity contribution in [3.8, 4) is 11.5 Å². The van der Waals surface area contributed by atoms with Crippen molar-refractivity contribution in [1.82, 2.24) is 4.90 Å². The minimum Gasteiger partial charge on any atom is -0.497 e. The molecule has 0 amide bonds. The Kier molecular flexibility index (Phi) is 2.99. The predicted molar refractivity (Wildman–Crippen MR) is 63.6 cm³/mol. The van der Waals surface area contributed by atoms with E-state index in [1.807, 2.05) is 25.2 Å². The molecule has 4 nitrogen and oxygen atoms in total. The molecule has 1 aliphatic heterocycles. The van der Waals surface area contributed by atoms with Gasteiger partial charge in [-0.2, -0.15) is 0 Å². The lowest BCUT2D eigenvalue weighted by Crippen LogP contribution is -2.23. The normalized spacial score (nSPS) is 14.9. The molecule has 0 unspecified atom stereocenters. The second kappa shape index (κ2) is 4.43. The molecule has 0 saturated heterocycles. The number of nitrogens with zero attached hydrogens (tertiary/aromatic N) is 2. The Morgan fingerprint density at radius 2 is 2.06 bits per heavy atom. The number of hydrogen-bond acceptors (Lipinski definition) is 4. The van der Waals surface area contributed by atoms with Crippen LogP contribution in [0, 0.1) is 0 Å². The molecule has 1 heterocycles. The van der Waals surface area contributed by atoms with Crippen LogP contribution >= 0.6 is 0 Å². The number of ether oxygens (including phenoxy) is 2. The Morgan fingerprint density at radius 1 is 1.25 bits per heavy atom. The predicted octanol–water partition coefficient (Wildman–Crippen LogP) is 1.40. The van der Waals surface area contributed by atoms with Crippen LogP contribution in [0.2, 0.25) is 0 Å². The molecule has 0 spiro atoms. The molecule has 1 aliphatic rings. The van der Waals surface area contributed by atoms with Gasteiger partial charge in [0.2, 0.25) is 0 Å². The van der Waals surface area contributed by atoms with Crippen molar-refractivity contribution >= 4 is 5.84 Å². The number of benzene rings is 1. The molecule has 0 fully saturated rings. The summed E-state index contributed by atoms with van der Waals surface area (Å²) in [5, 5.41) is 0. The largest absolute Gasteiger partial charge is 0.497 e. The maximum Gasteiger partial charge on any atom is 0.134 e. The van der Waals surface area contributed by atoms with Gasteiger partial charge >= 0.3 is 0 Å². The molecule has 4 heteroatoms. The molecule has 0 aromatic heterocycles. The van der Waals surface area contributed by atoms with Crippen molar-refractivity contribution < 1.29 is 9.47 Å². The van der Waals surface area contributed by atoms with E-state index in [2.05, 4.69) is 9.89 Å². The highest BCUT2D eigenvalue weighted by molar-refractivity contribution is 6.02. The van der Waals surface area contributed by atoms with E-state index in [4.69, 9.17) is 9.47 Å². The fourth-order valence-corrected chi connectivity index (χ4v) is 1.81. The van der Waals surface area contributed by atoms with E-state index in [-0.39, 0.29) is 0 Å². The van der Waals surface area contributed by atoms with E-state index >= 15 is 0 Å². The smallest absolute Gasteiger partial charge is 0.134 e. The molecular formula is C12H16N2O2. The second-order valence-corrected chi connectivity index (χ2v) is 3.69. The average Bonchev–Trinajstić information content (AvgIpc) is 2.74. The Hall–Kier alpha value is -1.71. The van der Waals surface area contributed by atoms with Crippen LogP contribution < -0.4 is 9.47 Å². The van der Waals surface area contributed by atoms with Crippen LogP contribution in [-0.2, 0) is 0 Å². The van der Waals surface area contributed by atoms with Gasteiger partial charge in [-0.25, -0.2) is 0 Å². The molecule has 1 aromatic rings. The molecule has 0 bridgehead atoms. The Labute approximate surface area is 95.5 Å². The second-order valence-electron chi connectivity index (χ2n) is 3.69. The van der Waals surface area contributed by atoms with Crippen LogP contribution in [0.1, 0.15) is 5.56 Å². The van der Waals surface area contributed by atoms with Gasteiger partial charge in [0.1, 0.15) is 17.3 Å². The van der Waals surface area contributed by atoms with Crippen LogP contribution in [0.3, 0.4) is 0 Å². The monoisotopic (exact) mass is 220 g/mol. The molecule has 0 saturated carbocycles. The van der Waals surface area contributed by atoms with E-state index in [0.717, 1.165) is 36.0 Å². The first-order valence-electron chi connectivity index (χ1n) is 5.24. The minimum atomic E-state index is 0.793. The number of likely N-dealkylation sites (N-methyl/N-ethyl adjacent to an activating group) is 1. The number of hydrogen-bond donors (Lipinski definition) is 0. The van der Waals surface area contributed by atoms with Gasteiger partial charge < -0.3 is 14.4 Å². The zero-order valence-electron chi connectivity index (χ0n) is 9.86. The number of aliphatic imine (C=N–C) groups is 1. The first-order valence-corrected chi connectivity index (χ1v) is 5.24. The van der Waals surface area contributed by atoms with Crippen molar-refractivity contribution in [3.63, 3.8) is 0 Å². The third-order valence-corrected chi connectivity index (χ3v) is 2.71. The van der Waals surface area contributed by atoms with Crippen molar-refractivity contribution in [2.45, 2.75) is 0 Å². The highest BCUT2D eigenvalue weighted by Gasteiger charge is 2.18. The molecule has 86 valence electrons. The molecular weight excluding hydrogens is 204 g/mol. The zero-order chi connectivity index (χ0) is 11.5. The SMILES string of the molecule is COc1ccc(C2=NCCN2C)c(OC)c1. The van der Waals surface area contributed by atoms with Crippen LogP contribution in [0.25, 0.3) is 0 Å². The standard InChI is InChI=1S/C12H16N2O2/c1-14-7-6-13-12(14)10-5-4-9(15-2)8-11(10)16-3/h4-5,8H,6-7H2,1-3H3. The van der Waals surface area contributed by atoms with Crippen molar-refractivity contribution in [1.29, 1.82) is 0 Å². The first-order chi connectivity index (χ1) is 7.76. The van der Waals surface area contributed by atoms with Gasteiger partial charge in [0.15, 0.2) is 0 Å². The maximum atomic E-state index is 5.36. The van der Waals surface area contributed by atoms with E-state index in [0.29, 0.717) is 0 Å². The summed E-state index contributed by atoms with van der Waals surface area (Å²) in [6, 6.07) is 5.79. The van der Waals surface area contributed by atoms with Gasteiger partial charge in [0.25, 0.3) is 0 Å². The van der Waals surface area contributed by atoms with Gasteiger partial charge in [-0.3, -0.25) is 4.99 Å². The maximum absolute atomic E-state index is 5.36. The molecule has 2 rings (SSSR count). The fraction of sp³-hybridized carbons (Fsp3) is 0.417. The minimum absolute atomic E-state index is 0.793. The lowest BCUT2D eigenvalue weighted by Gasteiger charge is -2.16. The summed E-state index contributed by atoms with van der Waals surface area (Å²) in [4.78, 5) is 6.60. The Balaban J connectivity index is 2.40. The highest BCUT2D eigenvalue weighted by atomic mass is 16.5. The third-order valence-electron chi connectivity index (χ3n) is 2.71.